The number of rotatable bonds is 6. The largest absolute Gasteiger partial charge is 0.539 e. The van der Waals surface area contributed by atoms with Crippen molar-refractivity contribution in [3.05, 3.63) is 6.20 Å². The van der Waals surface area contributed by atoms with Crippen molar-refractivity contribution in [1.29, 1.82) is 0 Å². The molecule has 0 saturated heterocycles. The summed E-state index contributed by atoms with van der Waals surface area (Å²) in [6, 6.07) is 0. The second-order valence-corrected chi connectivity index (χ2v) is 3.26. The summed E-state index contributed by atoms with van der Waals surface area (Å²) < 4.78 is 5.01. The van der Waals surface area contributed by atoms with Crippen molar-refractivity contribution >= 4 is 17.8 Å². The number of carbonyl (C=O) groups is 3. The summed E-state index contributed by atoms with van der Waals surface area (Å²) in [4.78, 5) is 33.1. The van der Waals surface area contributed by atoms with Gasteiger partial charge in [-0.1, -0.05) is 4.68 Å². The molecule has 1 amide bonds. The van der Waals surface area contributed by atoms with E-state index in [0.29, 0.717) is 4.90 Å². The summed E-state index contributed by atoms with van der Waals surface area (Å²) >= 11 is 0. The Balaban J connectivity index is 2.69. The number of hydrogen-bond donors (Lipinski definition) is 2. The molecule has 1 aromatic heterocycles. The maximum Gasteiger partial charge on any atom is 0.323 e. The standard InChI is InChI=1S/C8H9N3O7/c12-5(1-11-4-8(17)18-9-11)10(2-6(13)14)3-7(15)16/h4H,1-3H2,(H2-,9,13,14,15,16,17). The lowest BCUT2D eigenvalue weighted by Crippen LogP contribution is -2.48. The molecule has 10 nitrogen and oxygen atoms in total. The summed E-state index contributed by atoms with van der Waals surface area (Å²) in [5, 5.41) is 30.9. The van der Waals surface area contributed by atoms with Crippen LogP contribution in [0.25, 0.3) is 0 Å². The van der Waals surface area contributed by atoms with E-state index in [1.807, 2.05) is 0 Å². The third kappa shape index (κ3) is 4.08. The number of aliphatic carboxylic acids is 2. The minimum Gasteiger partial charge on any atom is -0.539 e. The zero-order valence-electron chi connectivity index (χ0n) is 8.98. The van der Waals surface area contributed by atoms with Crippen molar-refractivity contribution < 1.29 is 38.9 Å². The van der Waals surface area contributed by atoms with Crippen LogP contribution >= 0.6 is 0 Å². The third-order valence-corrected chi connectivity index (χ3v) is 1.79. The number of carboxylic acids is 2. The van der Waals surface area contributed by atoms with Gasteiger partial charge in [-0.3, -0.25) is 14.4 Å². The van der Waals surface area contributed by atoms with Gasteiger partial charge < -0.3 is 24.7 Å². The highest BCUT2D eigenvalue weighted by Gasteiger charge is 2.23. The number of nitrogens with zero attached hydrogens (tertiary/aromatic N) is 3. The zero-order valence-corrected chi connectivity index (χ0v) is 8.98. The lowest BCUT2D eigenvalue weighted by molar-refractivity contribution is -0.751. The molecular weight excluding hydrogens is 250 g/mol. The van der Waals surface area contributed by atoms with E-state index in [4.69, 9.17) is 10.2 Å². The molecule has 0 fully saturated rings. The number of aromatic nitrogens is 2. The lowest BCUT2D eigenvalue weighted by Gasteiger charge is -2.15. The third-order valence-electron chi connectivity index (χ3n) is 1.79. The zero-order chi connectivity index (χ0) is 13.7. The van der Waals surface area contributed by atoms with Crippen molar-refractivity contribution in [2.45, 2.75) is 6.54 Å². The number of carbonyl (C=O) groups excluding carboxylic acids is 1. The van der Waals surface area contributed by atoms with Gasteiger partial charge in [-0.25, -0.2) is 0 Å². The van der Waals surface area contributed by atoms with Gasteiger partial charge in [0.15, 0.2) is 0 Å². The molecule has 0 atom stereocenters. The molecule has 0 aliphatic heterocycles. The Morgan fingerprint density at radius 1 is 1.33 bits per heavy atom. The monoisotopic (exact) mass is 259 g/mol. The van der Waals surface area contributed by atoms with E-state index in [-0.39, 0.29) is 0 Å². The first kappa shape index (κ1) is 13.4. The molecule has 0 saturated carbocycles. The average Bonchev–Trinajstić information content (AvgIpc) is 2.61. The molecule has 0 unspecified atom stereocenters. The quantitative estimate of drug-likeness (QED) is 0.514. The summed E-state index contributed by atoms with van der Waals surface area (Å²) in [7, 11) is 0. The van der Waals surface area contributed by atoms with Crippen LogP contribution in [0.5, 0.6) is 5.95 Å². The van der Waals surface area contributed by atoms with Gasteiger partial charge in [-0.2, -0.15) is 0 Å². The predicted molar refractivity (Wildman–Crippen MR) is 48.0 cm³/mol. The molecule has 0 spiro atoms. The first-order chi connectivity index (χ1) is 8.38. The maximum absolute atomic E-state index is 11.6. The minimum absolute atomic E-state index is 0.480. The molecular formula is C8H9N3O7. The van der Waals surface area contributed by atoms with E-state index in [9.17, 15) is 19.5 Å². The molecule has 0 aliphatic carbocycles. The fraction of sp³-hybridized carbons (Fsp3) is 0.375. The lowest BCUT2D eigenvalue weighted by atomic mass is 10.4. The Labute approximate surface area is 99.6 Å². The van der Waals surface area contributed by atoms with E-state index in [1.54, 1.807) is 0 Å². The molecule has 0 aliphatic rings. The van der Waals surface area contributed by atoms with Crippen LogP contribution in [-0.4, -0.2) is 51.3 Å². The molecule has 10 heteroatoms. The number of hydrogen-bond acceptors (Lipinski definition) is 6. The van der Waals surface area contributed by atoms with Crippen molar-refractivity contribution in [2.75, 3.05) is 13.1 Å². The van der Waals surface area contributed by atoms with Crippen molar-refractivity contribution in [3.8, 4) is 5.95 Å². The highest BCUT2D eigenvalue weighted by Crippen LogP contribution is 1.95. The van der Waals surface area contributed by atoms with Crippen molar-refractivity contribution in [3.63, 3.8) is 0 Å². The fourth-order valence-electron chi connectivity index (χ4n) is 1.13. The molecule has 2 N–H and O–H groups in total. The predicted octanol–water partition coefficient (Wildman–Crippen LogP) is -2.97. The highest BCUT2D eigenvalue weighted by molar-refractivity contribution is 5.84. The highest BCUT2D eigenvalue weighted by atomic mass is 16.6. The van der Waals surface area contributed by atoms with E-state index in [1.165, 1.54) is 0 Å². The van der Waals surface area contributed by atoms with Crippen LogP contribution in [0, 0.1) is 0 Å². The van der Waals surface area contributed by atoms with Crippen LogP contribution < -0.4 is 9.79 Å². The van der Waals surface area contributed by atoms with Crippen LogP contribution in [-0.2, 0) is 20.9 Å². The summed E-state index contributed by atoms with van der Waals surface area (Å²) in [6.45, 7) is -1.99. The number of amides is 1. The van der Waals surface area contributed by atoms with Gasteiger partial charge in [0.25, 0.3) is 12.5 Å². The molecule has 18 heavy (non-hydrogen) atoms. The Morgan fingerprint density at radius 3 is 2.28 bits per heavy atom. The Kier molecular flexibility index (Phi) is 4.18. The molecule has 0 aromatic carbocycles. The molecule has 0 bridgehead atoms. The summed E-state index contributed by atoms with van der Waals surface area (Å²) in [6.07, 6.45) is 0.887. The minimum atomic E-state index is -1.35. The second-order valence-electron chi connectivity index (χ2n) is 3.26. The van der Waals surface area contributed by atoms with Crippen LogP contribution in [0.1, 0.15) is 0 Å². The van der Waals surface area contributed by atoms with Gasteiger partial charge in [0.2, 0.25) is 6.20 Å². The van der Waals surface area contributed by atoms with E-state index in [2.05, 4.69) is 9.79 Å². The molecule has 1 aromatic rings. The fourth-order valence-corrected chi connectivity index (χ4v) is 1.13. The molecule has 98 valence electrons. The van der Waals surface area contributed by atoms with Gasteiger partial charge in [0, 0.05) is 0 Å². The normalized spacial score (nSPS) is 10.0. The first-order valence-electron chi connectivity index (χ1n) is 4.63. The topological polar surface area (TPSA) is 148 Å². The number of carboxylic acid groups (broad SMARTS) is 2. The average molecular weight is 259 g/mol. The van der Waals surface area contributed by atoms with Crippen molar-refractivity contribution in [1.82, 2.24) is 10.2 Å². The van der Waals surface area contributed by atoms with Gasteiger partial charge in [0.1, 0.15) is 19.0 Å². The van der Waals surface area contributed by atoms with Crippen LogP contribution in [0.2, 0.25) is 0 Å². The smallest absolute Gasteiger partial charge is 0.323 e. The van der Waals surface area contributed by atoms with E-state index in [0.717, 1.165) is 10.9 Å². The van der Waals surface area contributed by atoms with Gasteiger partial charge in [-0.15, -0.1) is 0 Å². The Morgan fingerprint density at radius 2 is 1.89 bits per heavy atom. The summed E-state index contributed by atoms with van der Waals surface area (Å²) in [5.74, 6) is -4.28. The maximum atomic E-state index is 11.6. The molecule has 0 radical (unpaired) electrons. The van der Waals surface area contributed by atoms with Crippen LogP contribution in [0.3, 0.4) is 0 Å². The Bertz CT molecular complexity index is 453. The van der Waals surface area contributed by atoms with Crippen LogP contribution in [0.4, 0.5) is 0 Å². The first-order valence-corrected chi connectivity index (χ1v) is 4.63. The Hall–Kier alpha value is -2.65. The summed E-state index contributed by atoms with van der Waals surface area (Å²) in [5.41, 5.74) is 0. The van der Waals surface area contributed by atoms with Gasteiger partial charge in [0.05, 0.1) is 5.27 Å². The van der Waals surface area contributed by atoms with Crippen molar-refractivity contribution in [2.24, 2.45) is 0 Å². The van der Waals surface area contributed by atoms with E-state index >= 15 is 0 Å². The van der Waals surface area contributed by atoms with Gasteiger partial charge in [-0.05, 0) is 0 Å². The SMILES string of the molecule is O=C(O)CN(CC(=O)O)C(=O)C[n+]1cc([O-])on1. The van der Waals surface area contributed by atoms with Gasteiger partial charge >= 0.3 is 11.9 Å². The molecule has 1 heterocycles. The molecule has 1 rings (SSSR count). The van der Waals surface area contributed by atoms with E-state index < -0.39 is 43.4 Å². The second kappa shape index (κ2) is 5.61. The van der Waals surface area contributed by atoms with Crippen LogP contribution in [0.15, 0.2) is 10.7 Å².